The van der Waals surface area contributed by atoms with Crippen molar-refractivity contribution in [3.05, 3.63) is 23.8 Å². The van der Waals surface area contributed by atoms with Gasteiger partial charge < -0.3 is 5.73 Å². The number of hydrogen-bond donors (Lipinski definition) is 1. The van der Waals surface area contributed by atoms with Crippen molar-refractivity contribution < 1.29 is 8.42 Å². The molecule has 88 valence electrons. The number of aryl methyl sites for hydroxylation is 1. The Balaban J connectivity index is 2.30. The van der Waals surface area contributed by atoms with Crippen LogP contribution in [0.5, 0.6) is 0 Å². The van der Waals surface area contributed by atoms with E-state index in [1.165, 1.54) is 0 Å². The molecule has 1 aliphatic rings. The van der Waals surface area contributed by atoms with Crippen LogP contribution in [-0.4, -0.2) is 14.2 Å². The third-order valence-corrected chi connectivity index (χ3v) is 5.25. The highest BCUT2D eigenvalue weighted by Crippen LogP contribution is 2.30. The molecule has 1 aromatic rings. The van der Waals surface area contributed by atoms with Crippen LogP contribution in [0, 0.1) is 12.8 Å². The molecule has 1 aromatic carbocycles. The minimum Gasteiger partial charge on any atom is -0.399 e. The van der Waals surface area contributed by atoms with Crippen molar-refractivity contribution in [3.8, 4) is 0 Å². The van der Waals surface area contributed by atoms with Gasteiger partial charge in [-0.15, -0.1) is 0 Å². The molecule has 0 saturated heterocycles. The second-order valence-corrected chi connectivity index (χ2v) is 6.61. The minimum atomic E-state index is -3.15. The van der Waals surface area contributed by atoms with Gasteiger partial charge in [0, 0.05) is 5.69 Å². The first-order chi connectivity index (χ1) is 7.49. The van der Waals surface area contributed by atoms with Crippen molar-refractivity contribution in [1.82, 2.24) is 0 Å². The van der Waals surface area contributed by atoms with Crippen LogP contribution in [-0.2, 0) is 9.84 Å². The lowest BCUT2D eigenvalue weighted by Crippen LogP contribution is -2.22. The summed E-state index contributed by atoms with van der Waals surface area (Å²) in [6.07, 6.45) is 3.25. The Hall–Kier alpha value is -1.03. The van der Waals surface area contributed by atoms with Gasteiger partial charge in [0.25, 0.3) is 0 Å². The Morgan fingerprint density at radius 2 is 2.06 bits per heavy atom. The molecule has 0 heterocycles. The van der Waals surface area contributed by atoms with Crippen LogP contribution >= 0.6 is 0 Å². The van der Waals surface area contributed by atoms with Gasteiger partial charge in [-0.05, 0) is 43.4 Å². The molecule has 1 saturated carbocycles. The van der Waals surface area contributed by atoms with Crippen molar-refractivity contribution in [2.45, 2.75) is 31.1 Å². The molecule has 3 nitrogen and oxygen atoms in total. The Labute approximate surface area is 96.6 Å². The number of nitrogens with two attached hydrogens (primary N) is 1. The first-order valence-corrected chi connectivity index (χ1v) is 7.23. The van der Waals surface area contributed by atoms with E-state index < -0.39 is 9.84 Å². The van der Waals surface area contributed by atoms with Crippen molar-refractivity contribution in [2.24, 2.45) is 5.92 Å². The van der Waals surface area contributed by atoms with Gasteiger partial charge in [0.2, 0.25) is 0 Å². The molecule has 2 N–H and O–H groups in total. The van der Waals surface area contributed by atoms with Crippen LogP contribution in [0.4, 0.5) is 5.69 Å². The van der Waals surface area contributed by atoms with Crippen molar-refractivity contribution in [3.63, 3.8) is 0 Å². The van der Waals surface area contributed by atoms with Gasteiger partial charge in [-0.1, -0.05) is 12.5 Å². The predicted octanol–water partition coefficient (Wildman–Crippen LogP) is 2.15. The Morgan fingerprint density at radius 1 is 1.38 bits per heavy atom. The molecule has 0 aliphatic heterocycles. The van der Waals surface area contributed by atoms with E-state index in [1.807, 2.05) is 6.92 Å². The summed E-state index contributed by atoms with van der Waals surface area (Å²) in [5.41, 5.74) is 6.93. The number of hydrogen-bond acceptors (Lipinski definition) is 3. The number of rotatable bonds is 3. The molecule has 16 heavy (non-hydrogen) atoms. The number of sulfone groups is 1. The summed E-state index contributed by atoms with van der Waals surface area (Å²) in [5.74, 6) is 0.628. The molecule has 0 radical (unpaired) electrons. The Kier molecular flexibility index (Phi) is 2.93. The van der Waals surface area contributed by atoms with E-state index in [0.717, 1.165) is 24.8 Å². The molecule has 4 heteroatoms. The van der Waals surface area contributed by atoms with Gasteiger partial charge in [-0.3, -0.25) is 0 Å². The largest absolute Gasteiger partial charge is 0.399 e. The zero-order chi connectivity index (χ0) is 11.8. The normalized spacial score (nSPS) is 17.1. The second kappa shape index (κ2) is 4.09. The molecular weight excluding hydrogens is 222 g/mol. The first-order valence-electron chi connectivity index (χ1n) is 5.58. The van der Waals surface area contributed by atoms with Crippen LogP contribution in [0.1, 0.15) is 24.8 Å². The van der Waals surface area contributed by atoms with Gasteiger partial charge in [-0.25, -0.2) is 8.42 Å². The quantitative estimate of drug-likeness (QED) is 0.822. The van der Waals surface area contributed by atoms with Gasteiger partial charge in [-0.2, -0.15) is 0 Å². The fourth-order valence-corrected chi connectivity index (χ4v) is 4.02. The van der Waals surface area contributed by atoms with Crippen molar-refractivity contribution in [2.75, 3.05) is 11.5 Å². The predicted molar refractivity (Wildman–Crippen MR) is 65.0 cm³/mol. The third kappa shape index (κ3) is 2.21. The average molecular weight is 239 g/mol. The van der Waals surface area contributed by atoms with E-state index in [2.05, 4.69) is 0 Å². The molecule has 0 unspecified atom stereocenters. The Morgan fingerprint density at radius 3 is 2.62 bits per heavy atom. The van der Waals surface area contributed by atoms with Crippen LogP contribution in [0.25, 0.3) is 0 Å². The van der Waals surface area contributed by atoms with Crippen LogP contribution in [0.3, 0.4) is 0 Å². The van der Waals surface area contributed by atoms with E-state index in [0.29, 0.717) is 16.5 Å². The molecule has 0 aromatic heterocycles. The molecule has 0 atom stereocenters. The van der Waals surface area contributed by atoms with Gasteiger partial charge in [0.05, 0.1) is 10.6 Å². The maximum absolute atomic E-state index is 12.2. The van der Waals surface area contributed by atoms with Crippen molar-refractivity contribution >= 4 is 15.5 Å². The molecule has 0 amide bonds. The summed E-state index contributed by atoms with van der Waals surface area (Å²) in [5, 5.41) is 0. The smallest absolute Gasteiger partial charge is 0.178 e. The van der Waals surface area contributed by atoms with Crippen LogP contribution in [0.15, 0.2) is 23.1 Å². The average Bonchev–Trinajstić information content (AvgIpc) is 2.16. The summed E-state index contributed by atoms with van der Waals surface area (Å²) < 4.78 is 24.3. The lowest BCUT2D eigenvalue weighted by molar-refractivity contribution is 0.347. The fourth-order valence-electron chi connectivity index (χ4n) is 2.01. The Bertz CT molecular complexity index is 490. The molecule has 1 aliphatic carbocycles. The summed E-state index contributed by atoms with van der Waals surface area (Å²) in [6.45, 7) is 1.81. The molecule has 0 spiro atoms. The van der Waals surface area contributed by atoms with Crippen LogP contribution in [0.2, 0.25) is 0 Å². The SMILES string of the molecule is Cc1ccc(N)cc1S(=O)(=O)CC1CCC1. The lowest BCUT2D eigenvalue weighted by Gasteiger charge is -2.25. The van der Waals surface area contributed by atoms with Gasteiger partial charge in [0.15, 0.2) is 9.84 Å². The summed E-state index contributed by atoms with van der Waals surface area (Å²) in [4.78, 5) is 0.402. The summed E-state index contributed by atoms with van der Waals surface area (Å²) >= 11 is 0. The highest BCUT2D eigenvalue weighted by molar-refractivity contribution is 7.91. The van der Waals surface area contributed by atoms with Gasteiger partial charge in [0.1, 0.15) is 0 Å². The van der Waals surface area contributed by atoms with Gasteiger partial charge >= 0.3 is 0 Å². The topological polar surface area (TPSA) is 60.2 Å². The molecule has 0 bridgehead atoms. The zero-order valence-electron chi connectivity index (χ0n) is 9.44. The lowest BCUT2D eigenvalue weighted by atomic mass is 9.87. The van der Waals surface area contributed by atoms with E-state index in [1.54, 1.807) is 18.2 Å². The minimum absolute atomic E-state index is 0.275. The summed E-state index contributed by atoms with van der Waals surface area (Å²) in [6, 6.07) is 5.07. The summed E-state index contributed by atoms with van der Waals surface area (Å²) in [7, 11) is -3.15. The van der Waals surface area contributed by atoms with E-state index in [4.69, 9.17) is 5.73 Å². The maximum atomic E-state index is 12.2. The van der Waals surface area contributed by atoms with E-state index in [-0.39, 0.29) is 5.75 Å². The third-order valence-electron chi connectivity index (χ3n) is 3.23. The standard InChI is InChI=1S/C12H17NO2S/c1-9-5-6-11(13)7-12(9)16(14,15)8-10-3-2-4-10/h5-7,10H,2-4,8,13H2,1H3. The number of benzene rings is 1. The van der Waals surface area contributed by atoms with Crippen LogP contribution < -0.4 is 5.73 Å². The monoisotopic (exact) mass is 239 g/mol. The zero-order valence-corrected chi connectivity index (χ0v) is 10.3. The number of nitrogen functional groups attached to an aromatic ring is 1. The maximum Gasteiger partial charge on any atom is 0.178 e. The van der Waals surface area contributed by atoms with E-state index in [9.17, 15) is 8.42 Å². The molecule has 2 rings (SSSR count). The van der Waals surface area contributed by atoms with Crippen molar-refractivity contribution in [1.29, 1.82) is 0 Å². The highest BCUT2D eigenvalue weighted by Gasteiger charge is 2.26. The molecular formula is C12H17NO2S. The number of anilines is 1. The first kappa shape index (κ1) is 11.5. The highest BCUT2D eigenvalue weighted by atomic mass is 32.2. The second-order valence-electron chi connectivity index (χ2n) is 4.60. The molecule has 1 fully saturated rings. The fraction of sp³-hybridized carbons (Fsp3) is 0.500. The van der Waals surface area contributed by atoms with E-state index >= 15 is 0 Å².